The van der Waals surface area contributed by atoms with Crippen molar-refractivity contribution in [2.45, 2.75) is 55.1 Å². The van der Waals surface area contributed by atoms with E-state index in [-0.39, 0.29) is 42.3 Å². The zero-order valence-corrected chi connectivity index (χ0v) is 24.1. The van der Waals surface area contributed by atoms with Crippen LogP contribution in [0, 0.1) is 5.41 Å². The molecule has 7 nitrogen and oxygen atoms in total. The molecule has 5 rings (SSSR count). The highest BCUT2D eigenvalue weighted by Gasteiger charge is 2.62. The first-order chi connectivity index (χ1) is 19.6. The summed E-state index contributed by atoms with van der Waals surface area (Å²) in [6.07, 6.45) is -2.48. The SMILES string of the molecule is CC1=C2[C@@H](Sc3ccccc3)[C@H](OCCO)c3cccc(O)c3[C@H](OC(=O)c3ccccc3)[C@](O)(CC1=O)C2(C)C. The van der Waals surface area contributed by atoms with Gasteiger partial charge >= 0.3 is 5.97 Å². The minimum Gasteiger partial charge on any atom is -0.508 e. The maximum Gasteiger partial charge on any atom is 0.338 e. The van der Waals surface area contributed by atoms with Crippen molar-refractivity contribution in [3.63, 3.8) is 0 Å². The van der Waals surface area contributed by atoms with E-state index in [2.05, 4.69) is 0 Å². The quantitative estimate of drug-likeness (QED) is 0.315. The fourth-order valence-corrected chi connectivity index (χ4v) is 7.67. The lowest BCUT2D eigenvalue weighted by molar-refractivity contribution is -0.164. The van der Waals surface area contributed by atoms with Crippen molar-refractivity contribution in [1.82, 2.24) is 0 Å². The van der Waals surface area contributed by atoms with Crippen molar-refractivity contribution < 1.29 is 34.4 Å². The number of Topliss-reactive ketones (excluding diaryl/α,β-unsaturated/α-hetero) is 1. The zero-order valence-electron chi connectivity index (χ0n) is 23.2. The van der Waals surface area contributed by atoms with Gasteiger partial charge in [0.25, 0.3) is 0 Å². The first-order valence-corrected chi connectivity index (χ1v) is 14.5. The molecule has 4 atom stereocenters. The fourth-order valence-electron chi connectivity index (χ4n) is 6.13. The van der Waals surface area contributed by atoms with Crippen LogP contribution >= 0.6 is 11.8 Å². The van der Waals surface area contributed by atoms with E-state index in [4.69, 9.17) is 9.47 Å². The number of thioether (sulfide) groups is 1. The summed E-state index contributed by atoms with van der Waals surface area (Å²) in [6, 6.07) is 23.0. The van der Waals surface area contributed by atoms with Gasteiger partial charge in [0.1, 0.15) is 11.4 Å². The van der Waals surface area contributed by atoms with Crippen LogP contribution in [0.15, 0.2) is 94.9 Å². The van der Waals surface area contributed by atoms with Crippen LogP contribution in [0.25, 0.3) is 0 Å². The number of aromatic hydroxyl groups is 1. The van der Waals surface area contributed by atoms with E-state index in [1.807, 2.05) is 44.2 Å². The first-order valence-electron chi connectivity index (χ1n) is 13.6. The number of fused-ring (bicyclic) bond motifs is 3. The molecule has 0 saturated heterocycles. The van der Waals surface area contributed by atoms with Crippen LogP contribution in [-0.2, 0) is 14.3 Å². The fraction of sp³-hybridized carbons (Fsp3) is 0.333. The van der Waals surface area contributed by atoms with Crippen LogP contribution in [0.3, 0.4) is 0 Å². The van der Waals surface area contributed by atoms with Crippen LogP contribution in [0.4, 0.5) is 0 Å². The summed E-state index contributed by atoms with van der Waals surface area (Å²) in [4.78, 5) is 28.1. The summed E-state index contributed by atoms with van der Waals surface area (Å²) >= 11 is 1.49. The zero-order chi connectivity index (χ0) is 29.4. The van der Waals surface area contributed by atoms with Gasteiger partial charge in [-0.15, -0.1) is 11.8 Å². The Morgan fingerprint density at radius 1 is 1.00 bits per heavy atom. The monoisotopic (exact) mass is 574 g/mol. The molecular weight excluding hydrogens is 540 g/mol. The number of phenols is 1. The Bertz CT molecular complexity index is 1470. The highest BCUT2D eigenvalue weighted by atomic mass is 32.2. The van der Waals surface area contributed by atoms with Crippen LogP contribution in [-0.4, -0.2) is 51.1 Å². The van der Waals surface area contributed by atoms with Gasteiger partial charge in [0.2, 0.25) is 0 Å². The van der Waals surface area contributed by atoms with Crippen molar-refractivity contribution in [2.75, 3.05) is 13.2 Å². The van der Waals surface area contributed by atoms with E-state index in [0.29, 0.717) is 16.7 Å². The molecule has 0 fully saturated rings. The number of ketones is 1. The van der Waals surface area contributed by atoms with Crippen LogP contribution in [0.2, 0.25) is 0 Å². The summed E-state index contributed by atoms with van der Waals surface area (Å²) in [5.74, 6) is -1.17. The third-order valence-corrected chi connectivity index (χ3v) is 9.60. The number of esters is 1. The summed E-state index contributed by atoms with van der Waals surface area (Å²) in [6.45, 7) is 5.19. The predicted octanol–water partition coefficient (Wildman–Crippen LogP) is 5.56. The number of hydrogen-bond donors (Lipinski definition) is 3. The number of hydrogen-bond acceptors (Lipinski definition) is 8. The molecule has 0 aromatic heterocycles. The molecule has 2 bridgehead atoms. The maximum absolute atomic E-state index is 13.7. The molecule has 2 aliphatic rings. The Morgan fingerprint density at radius 2 is 1.66 bits per heavy atom. The third kappa shape index (κ3) is 5.10. The van der Waals surface area contributed by atoms with E-state index in [1.54, 1.807) is 49.4 Å². The van der Waals surface area contributed by atoms with Gasteiger partial charge in [-0.2, -0.15) is 0 Å². The van der Waals surface area contributed by atoms with E-state index >= 15 is 0 Å². The largest absolute Gasteiger partial charge is 0.508 e. The van der Waals surface area contributed by atoms with Gasteiger partial charge in [-0.05, 0) is 54.0 Å². The lowest BCUT2D eigenvalue weighted by atomic mass is 9.56. The molecule has 3 N–H and O–H groups in total. The first kappa shape index (κ1) is 29.1. The lowest BCUT2D eigenvalue weighted by Crippen LogP contribution is -2.58. The van der Waals surface area contributed by atoms with Crippen molar-refractivity contribution in [2.24, 2.45) is 5.41 Å². The standard InChI is InChI=1S/C33H34O7S/c1-20-25(36)19-33(38)30(40-31(37)21-11-6-4-7-12-21)26-23(15-10-16-24(26)35)28(39-18-17-34)29(27(20)32(33,2)3)41-22-13-8-5-9-14-22/h4-16,28-30,34-35,38H,17-19H2,1-3H3/t28-,29-,30+,33-/m1/s1. The Balaban J connectivity index is 1.79. The highest BCUT2D eigenvalue weighted by molar-refractivity contribution is 8.00. The molecule has 214 valence electrons. The Hall–Kier alpha value is -3.43. The smallest absolute Gasteiger partial charge is 0.338 e. The number of ether oxygens (including phenoxy) is 2. The molecule has 0 unspecified atom stereocenters. The van der Waals surface area contributed by atoms with Gasteiger partial charge in [0.15, 0.2) is 11.9 Å². The number of rotatable bonds is 7. The molecule has 2 aliphatic carbocycles. The van der Waals surface area contributed by atoms with Crippen molar-refractivity contribution >= 4 is 23.5 Å². The van der Waals surface area contributed by atoms with Gasteiger partial charge in [0, 0.05) is 22.3 Å². The van der Waals surface area contributed by atoms with E-state index in [0.717, 1.165) is 4.90 Å². The molecular formula is C33H34O7S. The molecule has 3 aromatic carbocycles. The van der Waals surface area contributed by atoms with Gasteiger partial charge in [0.05, 0.1) is 30.1 Å². The van der Waals surface area contributed by atoms with E-state index < -0.39 is 34.4 Å². The van der Waals surface area contributed by atoms with Gasteiger partial charge < -0.3 is 24.8 Å². The molecule has 0 amide bonds. The normalized spacial score (nSPS) is 25.2. The Morgan fingerprint density at radius 3 is 2.32 bits per heavy atom. The number of aliphatic hydroxyl groups excluding tert-OH is 1. The number of phenolic OH excluding ortho intramolecular Hbond substituents is 1. The molecule has 8 heteroatoms. The third-order valence-electron chi connectivity index (χ3n) is 8.32. The predicted molar refractivity (Wildman–Crippen MR) is 156 cm³/mol. The average Bonchev–Trinajstić information content (AvgIpc) is 2.96. The molecule has 0 heterocycles. The molecule has 0 spiro atoms. The van der Waals surface area contributed by atoms with E-state index in [9.17, 15) is 24.9 Å². The van der Waals surface area contributed by atoms with Crippen LogP contribution in [0.5, 0.6) is 5.75 Å². The Kier molecular flexibility index (Phi) is 8.12. The summed E-state index contributed by atoms with van der Waals surface area (Å²) in [7, 11) is 0. The molecule has 3 aromatic rings. The van der Waals surface area contributed by atoms with E-state index in [1.165, 1.54) is 17.8 Å². The van der Waals surface area contributed by atoms with Gasteiger partial charge in [-0.1, -0.05) is 62.4 Å². The molecule has 41 heavy (non-hydrogen) atoms. The van der Waals surface area contributed by atoms with Crippen LogP contribution in [0.1, 0.15) is 60.9 Å². The number of carbonyl (C=O) groups is 2. The number of aliphatic hydroxyl groups is 2. The van der Waals surface area contributed by atoms with Crippen molar-refractivity contribution in [1.29, 1.82) is 0 Å². The van der Waals surface area contributed by atoms with Gasteiger partial charge in [-0.3, -0.25) is 4.79 Å². The number of allylic oxidation sites excluding steroid dienone is 1. The summed E-state index contributed by atoms with van der Waals surface area (Å²) in [5.41, 5.74) is -0.876. The highest BCUT2D eigenvalue weighted by Crippen LogP contribution is 2.61. The summed E-state index contributed by atoms with van der Waals surface area (Å²) < 4.78 is 12.4. The summed E-state index contributed by atoms with van der Waals surface area (Å²) in [5, 5.41) is 33.2. The minimum absolute atomic E-state index is 0.00888. The maximum atomic E-state index is 13.7. The van der Waals surface area contributed by atoms with Crippen molar-refractivity contribution in [3.8, 4) is 5.75 Å². The van der Waals surface area contributed by atoms with Crippen molar-refractivity contribution in [3.05, 3.63) is 107 Å². The molecule has 0 saturated carbocycles. The second-order valence-corrected chi connectivity index (χ2v) is 12.2. The molecule has 0 aliphatic heterocycles. The van der Waals surface area contributed by atoms with Crippen LogP contribution < -0.4 is 0 Å². The minimum atomic E-state index is -1.91. The topological polar surface area (TPSA) is 113 Å². The second kappa shape index (κ2) is 11.4. The second-order valence-electron chi connectivity index (χ2n) is 11.0. The Labute approximate surface area is 243 Å². The lowest BCUT2D eigenvalue weighted by Gasteiger charge is -2.55. The average molecular weight is 575 g/mol. The van der Waals surface area contributed by atoms with Gasteiger partial charge in [-0.25, -0.2) is 4.79 Å². The number of carbonyl (C=O) groups excluding carboxylic acids is 2. The number of benzene rings is 3. The molecule has 0 radical (unpaired) electrons.